The van der Waals surface area contributed by atoms with E-state index < -0.39 is 22.5 Å². The highest BCUT2D eigenvalue weighted by molar-refractivity contribution is 7.89. The number of nitrogens with one attached hydrogen (secondary N) is 1. The number of hydrogen-bond acceptors (Lipinski definition) is 5. The molecule has 0 spiro atoms. The predicted molar refractivity (Wildman–Crippen MR) is 51.4 cm³/mol. The molecule has 0 bridgehead atoms. The maximum Gasteiger partial charge on any atom is 0.244 e. The van der Waals surface area contributed by atoms with Crippen LogP contribution in [0, 0.1) is 0 Å². The Morgan fingerprint density at radius 2 is 2.00 bits per heavy atom. The van der Waals surface area contributed by atoms with Crippen LogP contribution in [-0.2, 0) is 14.8 Å². The summed E-state index contributed by atoms with van der Waals surface area (Å²) in [6.07, 6.45) is 2.05. The van der Waals surface area contributed by atoms with Gasteiger partial charge >= 0.3 is 0 Å². The van der Waals surface area contributed by atoms with Crippen molar-refractivity contribution in [3.05, 3.63) is 17.7 Å². The first-order chi connectivity index (χ1) is 6.92. The third-order valence-corrected chi connectivity index (χ3v) is 2.89. The lowest BCUT2D eigenvalue weighted by Gasteiger charge is -2.03. The number of nitrogens with zero attached hydrogens (tertiary/aromatic N) is 2. The third-order valence-electron chi connectivity index (χ3n) is 1.34. The molecule has 1 amide bonds. The topological polar surface area (TPSA) is 115 Å². The van der Waals surface area contributed by atoms with E-state index in [-0.39, 0.29) is 10.2 Å². The third kappa shape index (κ3) is 3.42. The van der Waals surface area contributed by atoms with E-state index in [4.69, 9.17) is 17.3 Å². The molecule has 3 N–H and O–H groups in total. The first-order valence-corrected chi connectivity index (χ1v) is 5.53. The molecule has 9 heteroatoms. The van der Waals surface area contributed by atoms with E-state index in [1.165, 1.54) is 0 Å². The molecule has 0 aliphatic heterocycles. The SMILES string of the molecule is NC(=O)CNS(=O)(=O)c1cnc(Cl)nc1. The van der Waals surface area contributed by atoms with Crippen molar-refractivity contribution in [1.29, 1.82) is 0 Å². The van der Waals surface area contributed by atoms with Crippen LogP contribution in [0.2, 0.25) is 5.28 Å². The van der Waals surface area contributed by atoms with Crippen LogP contribution < -0.4 is 10.5 Å². The van der Waals surface area contributed by atoms with Crippen LogP contribution in [0.4, 0.5) is 0 Å². The summed E-state index contributed by atoms with van der Waals surface area (Å²) in [5.41, 5.74) is 4.78. The molecule has 0 aromatic carbocycles. The lowest BCUT2D eigenvalue weighted by atomic mass is 10.7. The van der Waals surface area contributed by atoms with Gasteiger partial charge in [-0.05, 0) is 11.6 Å². The molecule has 0 saturated carbocycles. The molecule has 1 aromatic heterocycles. The number of amides is 1. The zero-order valence-corrected chi connectivity index (χ0v) is 8.92. The molecule has 7 nitrogen and oxygen atoms in total. The molecule has 0 aliphatic carbocycles. The largest absolute Gasteiger partial charge is 0.369 e. The standard InChI is InChI=1S/C6H7ClN4O3S/c7-6-9-1-4(2-10-6)15(13,14)11-3-5(8)12/h1-2,11H,3H2,(H2,8,12). The smallest absolute Gasteiger partial charge is 0.244 e. The Morgan fingerprint density at radius 3 is 2.47 bits per heavy atom. The number of sulfonamides is 1. The van der Waals surface area contributed by atoms with Gasteiger partial charge in [-0.2, -0.15) is 0 Å². The molecule has 0 atom stereocenters. The van der Waals surface area contributed by atoms with Crippen LogP contribution in [0.15, 0.2) is 17.3 Å². The number of rotatable bonds is 4. The second-order valence-electron chi connectivity index (χ2n) is 2.48. The van der Waals surface area contributed by atoms with Gasteiger partial charge in [-0.25, -0.2) is 23.1 Å². The number of primary amides is 1. The van der Waals surface area contributed by atoms with E-state index in [2.05, 4.69) is 9.97 Å². The average Bonchev–Trinajstić information content (AvgIpc) is 2.16. The summed E-state index contributed by atoms with van der Waals surface area (Å²) in [5, 5.41) is -0.0659. The molecule has 1 aromatic rings. The highest BCUT2D eigenvalue weighted by atomic mass is 35.5. The summed E-state index contributed by atoms with van der Waals surface area (Å²) >= 11 is 5.38. The Kier molecular flexibility index (Phi) is 3.56. The first-order valence-electron chi connectivity index (χ1n) is 3.67. The fraction of sp³-hybridized carbons (Fsp3) is 0.167. The minimum atomic E-state index is -3.81. The van der Waals surface area contributed by atoms with E-state index in [9.17, 15) is 13.2 Å². The van der Waals surface area contributed by atoms with E-state index in [1.807, 2.05) is 4.72 Å². The van der Waals surface area contributed by atoms with Crippen LogP contribution in [0.1, 0.15) is 0 Å². The Labute approximate surface area is 90.7 Å². The quantitative estimate of drug-likeness (QED) is 0.658. The highest BCUT2D eigenvalue weighted by Crippen LogP contribution is 2.06. The van der Waals surface area contributed by atoms with E-state index in [0.717, 1.165) is 12.4 Å². The molecule has 0 saturated heterocycles. The summed E-state index contributed by atoms with van der Waals surface area (Å²) < 4.78 is 24.8. The van der Waals surface area contributed by atoms with Gasteiger partial charge in [0.25, 0.3) is 0 Å². The number of halogens is 1. The lowest BCUT2D eigenvalue weighted by Crippen LogP contribution is -2.33. The molecule has 82 valence electrons. The molecule has 0 radical (unpaired) electrons. The lowest BCUT2D eigenvalue weighted by molar-refractivity contribution is -0.116. The second-order valence-corrected chi connectivity index (χ2v) is 4.58. The fourth-order valence-corrected chi connectivity index (χ4v) is 1.67. The van der Waals surface area contributed by atoms with Crippen LogP contribution in [0.5, 0.6) is 0 Å². The van der Waals surface area contributed by atoms with Gasteiger partial charge in [0.2, 0.25) is 21.2 Å². The summed E-state index contributed by atoms with van der Waals surface area (Å²) in [6, 6.07) is 0. The van der Waals surface area contributed by atoms with Crippen LogP contribution >= 0.6 is 11.6 Å². The van der Waals surface area contributed by atoms with Crippen molar-refractivity contribution in [2.45, 2.75) is 4.90 Å². The Bertz CT molecular complexity index is 458. The van der Waals surface area contributed by atoms with E-state index >= 15 is 0 Å². The van der Waals surface area contributed by atoms with Gasteiger partial charge in [-0.15, -0.1) is 0 Å². The highest BCUT2D eigenvalue weighted by Gasteiger charge is 2.15. The molecule has 0 aliphatic rings. The minimum Gasteiger partial charge on any atom is -0.369 e. The van der Waals surface area contributed by atoms with Crippen molar-refractivity contribution >= 4 is 27.5 Å². The molecular formula is C6H7ClN4O3S. The van der Waals surface area contributed by atoms with Crippen molar-refractivity contribution in [3.8, 4) is 0 Å². The van der Waals surface area contributed by atoms with Crippen LogP contribution in [-0.4, -0.2) is 30.8 Å². The summed E-state index contributed by atoms with van der Waals surface area (Å²) in [6.45, 7) is -0.481. The van der Waals surface area contributed by atoms with Crippen molar-refractivity contribution in [2.75, 3.05) is 6.54 Å². The molecule has 0 unspecified atom stereocenters. The number of aromatic nitrogens is 2. The maximum atomic E-state index is 11.4. The monoisotopic (exact) mass is 250 g/mol. The van der Waals surface area contributed by atoms with Crippen molar-refractivity contribution < 1.29 is 13.2 Å². The predicted octanol–water partition coefficient (Wildman–Crippen LogP) is -1.11. The average molecular weight is 251 g/mol. The van der Waals surface area contributed by atoms with Crippen molar-refractivity contribution in [3.63, 3.8) is 0 Å². The molecular weight excluding hydrogens is 244 g/mol. The van der Waals surface area contributed by atoms with Gasteiger partial charge in [0.05, 0.1) is 18.9 Å². The van der Waals surface area contributed by atoms with E-state index in [1.54, 1.807) is 0 Å². The number of hydrogen-bond donors (Lipinski definition) is 2. The van der Waals surface area contributed by atoms with Crippen LogP contribution in [0.3, 0.4) is 0 Å². The minimum absolute atomic E-state index is 0.0659. The van der Waals surface area contributed by atoms with Gasteiger partial charge < -0.3 is 5.73 Å². The fourth-order valence-electron chi connectivity index (χ4n) is 0.689. The normalized spacial score (nSPS) is 11.3. The summed E-state index contributed by atoms with van der Waals surface area (Å²) in [4.78, 5) is 17.2. The molecule has 1 rings (SSSR count). The first kappa shape index (κ1) is 11.8. The number of carbonyl (C=O) groups excluding carboxylic acids is 1. The Hall–Kier alpha value is -1.25. The van der Waals surface area contributed by atoms with Crippen molar-refractivity contribution in [1.82, 2.24) is 14.7 Å². The summed E-state index contributed by atoms with van der Waals surface area (Å²) in [5.74, 6) is -0.784. The molecule has 0 fully saturated rings. The molecule has 15 heavy (non-hydrogen) atoms. The second kappa shape index (κ2) is 4.51. The Balaban J connectivity index is 2.87. The Morgan fingerprint density at radius 1 is 1.47 bits per heavy atom. The molecule has 1 heterocycles. The summed E-state index contributed by atoms with van der Waals surface area (Å²) in [7, 11) is -3.81. The van der Waals surface area contributed by atoms with Gasteiger partial charge in [0.15, 0.2) is 0 Å². The van der Waals surface area contributed by atoms with Gasteiger partial charge in [-0.1, -0.05) is 0 Å². The van der Waals surface area contributed by atoms with Gasteiger partial charge in [-0.3, -0.25) is 4.79 Å². The maximum absolute atomic E-state index is 11.4. The zero-order chi connectivity index (χ0) is 11.5. The van der Waals surface area contributed by atoms with Crippen molar-refractivity contribution in [2.24, 2.45) is 5.73 Å². The van der Waals surface area contributed by atoms with E-state index in [0.29, 0.717) is 0 Å². The van der Waals surface area contributed by atoms with Crippen LogP contribution in [0.25, 0.3) is 0 Å². The number of carbonyl (C=O) groups is 1. The van der Waals surface area contributed by atoms with Gasteiger partial charge in [0, 0.05) is 0 Å². The number of nitrogens with two attached hydrogens (primary N) is 1. The zero-order valence-electron chi connectivity index (χ0n) is 7.34. The van der Waals surface area contributed by atoms with Gasteiger partial charge in [0.1, 0.15) is 4.90 Å².